The van der Waals surface area contributed by atoms with Gasteiger partial charge in [0.2, 0.25) is 11.8 Å². The smallest absolute Gasteiger partial charge is 0.410 e. The fraction of sp³-hybridized carbons (Fsp3) is 0.412. The number of halogens is 3. The van der Waals surface area contributed by atoms with Crippen molar-refractivity contribution in [3.8, 4) is 22.9 Å². The summed E-state index contributed by atoms with van der Waals surface area (Å²) < 4.78 is 49.9. The molecule has 5 rings (SSSR count). The Kier molecular flexibility index (Phi) is 9.83. The van der Waals surface area contributed by atoms with E-state index in [1.807, 2.05) is 64.1 Å². The number of aryl methyl sites for hydroxylation is 1. The fourth-order valence-corrected chi connectivity index (χ4v) is 5.35. The summed E-state index contributed by atoms with van der Waals surface area (Å²) in [4.78, 5) is 28.1. The van der Waals surface area contributed by atoms with Gasteiger partial charge in [0.05, 0.1) is 11.3 Å². The maximum Gasteiger partial charge on any atom is 0.410 e. The predicted octanol–water partition coefficient (Wildman–Crippen LogP) is 8.36. The van der Waals surface area contributed by atoms with Crippen LogP contribution in [0.15, 0.2) is 60.9 Å². The molecular weight excluding hydrogens is 597 g/mol. The lowest BCUT2D eigenvalue weighted by molar-refractivity contribution is -0.134. The number of anilines is 2. The monoisotopic (exact) mass is 636 g/mol. The Morgan fingerprint density at radius 3 is 2.63 bits per heavy atom. The van der Waals surface area contributed by atoms with Gasteiger partial charge in [-0.15, -0.1) is 0 Å². The lowest BCUT2D eigenvalue weighted by Crippen LogP contribution is -2.47. The number of nitrogens with one attached hydrogen (secondary N) is 2. The average molecular weight is 637 g/mol. The molecule has 1 atom stereocenters. The normalized spacial score (nSPS) is 15.5. The van der Waals surface area contributed by atoms with Gasteiger partial charge in [0, 0.05) is 61.0 Å². The fourth-order valence-electron chi connectivity index (χ4n) is 5.35. The van der Waals surface area contributed by atoms with E-state index in [0.717, 1.165) is 34.9 Å². The Hall–Kier alpha value is -4.61. The maximum absolute atomic E-state index is 12.6. The van der Waals surface area contributed by atoms with Gasteiger partial charge < -0.3 is 25.0 Å². The highest BCUT2D eigenvalue weighted by Gasteiger charge is 2.28. The van der Waals surface area contributed by atoms with Crippen LogP contribution in [0.1, 0.15) is 52.0 Å². The summed E-state index contributed by atoms with van der Waals surface area (Å²) in [6, 6.07) is 14.9. The number of nitrogens with zero attached hydrogens (tertiary/aromatic N) is 4. The van der Waals surface area contributed by atoms with Gasteiger partial charge in [-0.1, -0.05) is 24.3 Å². The van der Waals surface area contributed by atoms with Crippen molar-refractivity contribution < 1.29 is 27.4 Å². The number of rotatable bonds is 9. The Bertz CT molecular complexity index is 1670. The SMILES string of the molecule is Cc1ccc2c(NCCCC(F)(F)F)cccc2c1Oc1ncccc1-c1ccnc(N[C@H]2CCCN(C(=O)OC(C)(C)C)C2)n1. The minimum Gasteiger partial charge on any atom is -0.444 e. The highest BCUT2D eigenvalue weighted by Crippen LogP contribution is 2.38. The number of carbonyl (C=O) groups excluding carboxylic acids is 1. The Labute approximate surface area is 266 Å². The first kappa shape index (κ1) is 32.8. The van der Waals surface area contributed by atoms with Crippen molar-refractivity contribution in [2.75, 3.05) is 30.3 Å². The summed E-state index contributed by atoms with van der Waals surface area (Å²) in [7, 11) is 0. The molecule has 2 aromatic carbocycles. The van der Waals surface area contributed by atoms with E-state index < -0.39 is 18.2 Å². The molecule has 1 amide bonds. The molecule has 46 heavy (non-hydrogen) atoms. The van der Waals surface area contributed by atoms with Crippen molar-refractivity contribution in [3.63, 3.8) is 0 Å². The molecule has 0 saturated carbocycles. The molecule has 2 aromatic heterocycles. The van der Waals surface area contributed by atoms with Crippen LogP contribution in [0, 0.1) is 6.92 Å². The molecular formula is C34H39F3N6O3. The van der Waals surface area contributed by atoms with Gasteiger partial charge in [0.25, 0.3) is 0 Å². The van der Waals surface area contributed by atoms with Crippen LogP contribution in [-0.2, 0) is 4.74 Å². The molecule has 0 unspecified atom stereocenters. The number of likely N-dealkylation sites (tertiary alicyclic amines) is 1. The average Bonchev–Trinajstić information content (AvgIpc) is 3.00. The molecule has 3 heterocycles. The molecule has 0 spiro atoms. The van der Waals surface area contributed by atoms with Gasteiger partial charge in [0.1, 0.15) is 11.4 Å². The molecule has 4 aromatic rings. The molecule has 1 aliphatic rings. The minimum atomic E-state index is -4.18. The van der Waals surface area contributed by atoms with Crippen molar-refractivity contribution in [2.24, 2.45) is 0 Å². The molecule has 0 aliphatic carbocycles. The third kappa shape index (κ3) is 8.55. The van der Waals surface area contributed by atoms with Gasteiger partial charge in [-0.25, -0.2) is 19.7 Å². The molecule has 2 N–H and O–H groups in total. The summed E-state index contributed by atoms with van der Waals surface area (Å²) >= 11 is 0. The van der Waals surface area contributed by atoms with Crippen LogP contribution in [0.25, 0.3) is 22.0 Å². The molecule has 9 nitrogen and oxygen atoms in total. The first-order chi connectivity index (χ1) is 21.9. The van der Waals surface area contributed by atoms with Crippen molar-refractivity contribution in [1.29, 1.82) is 0 Å². The Morgan fingerprint density at radius 2 is 1.85 bits per heavy atom. The first-order valence-corrected chi connectivity index (χ1v) is 15.4. The number of benzene rings is 2. The molecule has 244 valence electrons. The molecule has 1 fully saturated rings. The van der Waals surface area contributed by atoms with E-state index in [4.69, 9.17) is 14.5 Å². The maximum atomic E-state index is 12.6. The topological polar surface area (TPSA) is 102 Å². The second kappa shape index (κ2) is 13.8. The third-order valence-corrected chi connectivity index (χ3v) is 7.47. The standard InChI is InChI=1S/C34H39F3N6O3/c1-22-13-14-24-25(10-5-12-27(24)38-18-8-16-34(35,36)37)29(22)45-30-26(11-6-17-39-30)28-15-19-40-31(42-28)41-23-9-7-20-43(21-23)32(44)46-33(2,3)4/h5-6,10-15,17,19,23,38H,7-9,16,18,20-21H2,1-4H3,(H,40,41,42)/t23-/m0/s1. The summed E-state index contributed by atoms with van der Waals surface area (Å²) in [6.45, 7) is 8.78. The zero-order valence-corrected chi connectivity index (χ0v) is 26.4. The van der Waals surface area contributed by atoms with Crippen LogP contribution in [0.3, 0.4) is 0 Å². The van der Waals surface area contributed by atoms with Gasteiger partial charge in [0.15, 0.2) is 0 Å². The predicted molar refractivity (Wildman–Crippen MR) is 172 cm³/mol. The second-order valence-corrected chi connectivity index (χ2v) is 12.4. The summed E-state index contributed by atoms with van der Waals surface area (Å²) in [6.07, 6.45) is -0.398. The van der Waals surface area contributed by atoms with E-state index in [-0.39, 0.29) is 25.1 Å². The second-order valence-electron chi connectivity index (χ2n) is 12.4. The van der Waals surface area contributed by atoms with Crippen molar-refractivity contribution >= 4 is 28.5 Å². The first-order valence-electron chi connectivity index (χ1n) is 15.4. The summed E-state index contributed by atoms with van der Waals surface area (Å²) in [5.74, 6) is 1.36. The van der Waals surface area contributed by atoms with Crippen molar-refractivity contribution in [1.82, 2.24) is 19.9 Å². The summed E-state index contributed by atoms with van der Waals surface area (Å²) in [5, 5.41) is 8.14. The Balaban J connectivity index is 1.34. The van der Waals surface area contributed by atoms with Crippen LogP contribution >= 0.6 is 0 Å². The molecule has 0 radical (unpaired) electrons. The third-order valence-electron chi connectivity index (χ3n) is 7.47. The summed E-state index contributed by atoms with van der Waals surface area (Å²) in [5.41, 5.74) is 2.29. The van der Waals surface area contributed by atoms with Crippen molar-refractivity contribution in [3.05, 3.63) is 66.5 Å². The van der Waals surface area contributed by atoms with Gasteiger partial charge in [-0.2, -0.15) is 13.2 Å². The minimum absolute atomic E-state index is 0.0229. The van der Waals surface area contributed by atoms with Crippen molar-refractivity contribution in [2.45, 2.75) is 71.2 Å². The molecule has 0 bridgehead atoms. The van der Waals surface area contributed by atoms with E-state index in [1.165, 1.54) is 0 Å². The van der Waals surface area contributed by atoms with E-state index in [9.17, 15) is 18.0 Å². The van der Waals surface area contributed by atoms with Crippen LogP contribution in [0.4, 0.5) is 29.6 Å². The Morgan fingerprint density at radius 1 is 1.02 bits per heavy atom. The number of alkyl halides is 3. The van der Waals surface area contributed by atoms with E-state index in [0.29, 0.717) is 41.9 Å². The van der Waals surface area contributed by atoms with Crippen LogP contribution in [0.5, 0.6) is 11.6 Å². The molecule has 12 heteroatoms. The quantitative estimate of drug-likeness (QED) is 0.177. The zero-order chi connectivity index (χ0) is 32.9. The van der Waals surface area contributed by atoms with E-state index in [1.54, 1.807) is 29.4 Å². The zero-order valence-electron chi connectivity index (χ0n) is 26.4. The van der Waals surface area contributed by atoms with E-state index in [2.05, 4.69) is 20.6 Å². The highest BCUT2D eigenvalue weighted by molar-refractivity contribution is 5.98. The van der Waals surface area contributed by atoms with Crippen LogP contribution < -0.4 is 15.4 Å². The number of ether oxygens (including phenoxy) is 2. The lowest BCUT2D eigenvalue weighted by Gasteiger charge is -2.34. The lowest BCUT2D eigenvalue weighted by atomic mass is 10.0. The number of hydrogen-bond donors (Lipinski definition) is 2. The highest BCUT2D eigenvalue weighted by atomic mass is 19.4. The number of hydrogen-bond acceptors (Lipinski definition) is 8. The molecule has 1 aliphatic heterocycles. The number of amides is 1. The van der Waals surface area contributed by atoms with Crippen LogP contribution in [0.2, 0.25) is 0 Å². The number of aromatic nitrogens is 3. The van der Waals surface area contributed by atoms with E-state index >= 15 is 0 Å². The number of fused-ring (bicyclic) bond motifs is 1. The van der Waals surface area contributed by atoms with Gasteiger partial charge in [-0.05, 0) is 76.8 Å². The number of piperidine rings is 1. The van der Waals surface area contributed by atoms with Gasteiger partial charge >= 0.3 is 12.3 Å². The number of pyridine rings is 1. The number of carbonyl (C=O) groups is 1. The van der Waals surface area contributed by atoms with Crippen LogP contribution in [-0.4, -0.2) is 63.4 Å². The molecule has 1 saturated heterocycles. The largest absolute Gasteiger partial charge is 0.444 e. The van der Waals surface area contributed by atoms with Gasteiger partial charge in [-0.3, -0.25) is 0 Å².